The number of carboxylic acids is 2. The standard InChI is InChI=1S/C23H16F2N2O7/c1-34-19-8-11(20(28)26-12-3-6-17(24)15(9-12)22(30)31)2-5-14(19)21(29)27-13-4-7-18(25)16(10-13)23(32)33/h2-10H,1H3,(H,26,28)(H,27,29)(H,30,31)(H,32,33). The van der Waals surface area contributed by atoms with Crippen molar-refractivity contribution in [3.63, 3.8) is 0 Å². The predicted molar refractivity (Wildman–Crippen MR) is 116 cm³/mol. The number of anilines is 2. The topological polar surface area (TPSA) is 142 Å². The Morgan fingerprint density at radius 1 is 0.706 bits per heavy atom. The number of aromatic carboxylic acids is 2. The minimum atomic E-state index is -1.50. The van der Waals surface area contributed by atoms with Crippen LogP contribution in [0, 0.1) is 11.6 Å². The van der Waals surface area contributed by atoms with E-state index in [1.807, 2.05) is 0 Å². The van der Waals surface area contributed by atoms with Gasteiger partial charge in [0.1, 0.15) is 17.4 Å². The summed E-state index contributed by atoms with van der Waals surface area (Å²) in [6.07, 6.45) is 0. The maximum absolute atomic E-state index is 13.6. The monoisotopic (exact) mass is 470 g/mol. The summed E-state index contributed by atoms with van der Waals surface area (Å²) >= 11 is 0. The zero-order chi connectivity index (χ0) is 25.0. The number of amides is 2. The molecule has 0 bridgehead atoms. The quantitative estimate of drug-likeness (QED) is 0.411. The van der Waals surface area contributed by atoms with Crippen LogP contribution >= 0.6 is 0 Å². The SMILES string of the molecule is COc1cc(C(=O)Nc2ccc(F)c(C(=O)O)c2)ccc1C(=O)Nc1ccc(F)c(C(=O)O)c1. The molecule has 0 aliphatic carbocycles. The molecule has 0 saturated heterocycles. The van der Waals surface area contributed by atoms with Crippen molar-refractivity contribution in [2.75, 3.05) is 17.7 Å². The average molecular weight is 470 g/mol. The number of ether oxygens (including phenoxy) is 1. The summed E-state index contributed by atoms with van der Waals surface area (Å²) in [5.41, 5.74) is -1.13. The normalized spacial score (nSPS) is 10.3. The van der Waals surface area contributed by atoms with Gasteiger partial charge in [-0.05, 0) is 54.6 Å². The number of benzene rings is 3. The number of carbonyl (C=O) groups excluding carboxylic acids is 2. The smallest absolute Gasteiger partial charge is 0.338 e. The number of carbonyl (C=O) groups is 4. The van der Waals surface area contributed by atoms with E-state index in [-0.39, 0.29) is 28.3 Å². The summed E-state index contributed by atoms with van der Waals surface area (Å²) < 4.78 is 32.3. The molecule has 0 aliphatic rings. The molecule has 0 unspecified atom stereocenters. The zero-order valence-corrected chi connectivity index (χ0v) is 17.4. The molecule has 34 heavy (non-hydrogen) atoms. The number of methoxy groups -OCH3 is 1. The van der Waals surface area contributed by atoms with Crippen LogP contribution in [0.5, 0.6) is 5.75 Å². The zero-order valence-electron chi connectivity index (χ0n) is 17.4. The molecule has 9 nitrogen and oxygen atoms in total. The van der Waals surface area contributed by atoms with E-state index < -0.39 is 46.5 Å². The van der Waals surface area contributed by atoms with Gasteiger partial charge in [-0.15, -0.1) is 0 Å². The summed E-state index contributed by atoms with van der Waals surface area (Å²) in [7, 11) is 1.26. The number of carboxylic acid groups (broad SMARTS) is 2. The Balaban J connectivity index is 1.81. The summed E-state index contributed by atoms with van der Waals surface area (Å²) in [5.74, 6) is -6.32. The van der Waals surface area contributed by atoms with Crippen LogP contribution in [0.1, 0.15) is 41.4 Å². The summed E-state index contributed by atoms with van der Waals surface area (Å²) in [6, 6.07) is 9.90. The Morgan fingerprint density at radius 2 is 1.21 bits per heavy atom. The molecule has 0 heterocycles. The number of hydrogen-bond acceptors (Lipinski definition) is 5. The lowest BCUT2D eigenvalue weighted by Gasteiger charge is -2.12. The number of halogens is 2. The van der Waals surface area contributed by atoms with E-state index in [2.05, 4.69) is 10.6 Å². The average Bonchev–Trinajstić information content (AvgIpc) is 2.80. The van der Waals surface area contributed by atoms with Crippen molar-refractivity contribution in [2.45, 2.75) is 0 Å². The van der Waals surface area contributed by atoms with Crippen molar-refractivity contribution in [3.8, 4) is 5.75 Å². The molecular weight excluding hydrogens is 454 g/mol. The number of nitrogens with one attached hydrogen (secondary N) is 2. The first-order valence-corrected chi connectivity index (χ1v) is 9.47. The highest BCUT2D eigenvalue weighted by Crippen LogP contribution is 2.24. The van der Waals surface area contributed by atoms with Crippen LogP contribution < -0.4 is 15.4 Å². The molecule has 11 heteroatoms. The summed E-state index contributed by atoms with van der Waals surface area (Å²) in [4.78, 5) is 47.3. The number of rotatable bonds is 7. The van der Waals surface area contributed by atoms with E-state index in [0.717, 1.165) is 24.3 Å². The van der Waals surface area contributed by atoms with E-state index in [1.54, 1.807) is 0 Å². The molecule has 0 atom stereocenters. The Bertz CT molecular complexity index is 1320. The first-order valence-electron chi connectivity index (χ1n) is 9.47. The third-order valence-corrected chi connectivity index (χ3v) is 4.62. The largest absolute Gasteiger partial charge is 0.496 e. The van der Waals surface area contributed by atoms with Gasteiger partial charge in [0.25, 0.3) is 11.8 Å². The third-order valence-electron chi connectivity index (χ3n) is 4.62. The van der Waals surface area contributed by atoms with E-state index in [0.29, 0.717) is 0 Å². The summed E-state index contributed by atoms with van der Waals surface area (Å²) in [5, 5.41) is 22.9. The lowest BCUT2D eigenvalue weighted by molar-refractivity contribution is 0.0680. The van der Waals surface area contributed by atoms with E-state index in [4.69, 9.17) is 14.9 Å². The van der Waals surface area contributed by atoms with Crippen LogP contribution in [0.25, 0.3) is 0 Å². The van der Waals surface area contributed by atoms with Crippen molar-refractivity contribution in [1.29, 1.82) is 0 Å². The maximum atomic E-state index is 13.6. The fraction of sp³-hybridized carbons (Fsp3) is 0.0435. The second kappa shape index (κ2) is 9.77. The second-order valence-corrected chi connectivity index (χ2v) is 6.82. The van der Waals surface area contributed by atoms with Crippen molar-refractivity contribution in [3.05, 3.63) is 88.5 Å². The van der Waals surface area contributed by atoms with Crippen LogP contribution in [0.2, 0.25) is 0 Å². The lowest BCUT2D eigenvalue weighted by Crippen LogP contribution is -2.16. The highest BCUT2D eigenvalue weighted by atomic mass is 19.1. The van der Waals surface area contributed by atoms with E-state index in [1.165, 1.54) is 37.4 Å². The molecule has 4 N–H and O–H groups in total. The Morgan fingerprint density at radius 3 is 1.68 bits per heavy atom. The molecule has 0 aromatic heterocycles. The third kappa shape index (κ3) is 5.15. The molecule has 3 aromatic rings. The van der Waals surface area contributed by atoms with Crippen molar-refractivity contribution >= 4 is 35.1 Å². The molecule has 0 radical (unpaired) electrons. The first-order chi connectivity index (χ1) is 16.1. The fourth-order valence-electron chi connectivity index (χ4n) is 2.96. The number of hydrogen-bond donors (Lipinski definition) is 4. The molecular formula is C23H16F2N2O7. The van der Waals surface area contributed by atoms with Crippen LogP contribution in [-0.4, -0.2) is 41.1 Å². The van der Waals surface area contributed by atoms with Crippen LogP contribution in [0.3, 0.4) is 0 Å². The van der Waals surface area contributed by atoms with E-state index >= 15 is 0 Å². The van der Waals surface area contributed by atoms with Crippen LogP contribution in [0.4, 0.5) is 20.2 Å². The molecule has 0 saturated carbocycles. The highest BCUT2D eigenvalue weighted by Gasteiger charge is 2.18. The molecule has 3 rings (SSSR count). The minimum Gasteiger partial charge on any atom is -0.496 e. The van der Waals surface area contributed by atoms with Gasteiger partial charge in [0.2, 0.25) is 0 Å². The minimum absolute atomic E-state index is 0.00366. The van der Waals surface area contributed by atoms with Crippen molar-refractivity contribution in [1.82, 2.24) is 0 Å². The molecule has 3 aromatic carbocycles. The molecule has 2 amide bonds. The van der Waals surface area contributed by atoms with Gasteiger partial charge in [0.05, 0.1) is 23.8 Å². The van der Waals surface area contributed by atoms with Gasteiger partial charge in [-0.25, -0.2) is 18.4 Å². The van der Waals surface area contributed by atoms with Gasteiger partial charge in [-0.3, -0.25) is 9.59 Å². The van der Waals surface area contributed by atoms with Crippen LogP contribution in [0.15, 0.2) is 54.6 Å². The van der Waals surface area contributed by atoms with Crippen molar-refractivity contribution < 1.29 is 42.9 Å². The molecule has 174 valence electrons. The maximum Gasteiger partial charge on any atom is 0.338 e. The summed E-state index contributed by atoms with van der Waals surface area (Å²) in [6.45, 7) is 0. The van der Waals surface area contributed by atoms with Gasteiger partial charge in [0, 0.05) is 16.9 Å². The molecule has 0 fully saturated rings. The van der Waals surface area contributed by atoms with Crippen LogP contribution in [-0.2, 0) is 0 Å². The fourth-order valence-corrected chi connectivity index (χ4v) is 2.96. The van der Waals surface area contributed by atoms with Gasteiger partial charge in [-0.2, -0.15) is 0 Å². The second-order valence-electron chi connectivity index (χ2n) is 6.82. The lowest BCUT2D eigenvalue weighted by atomic mass is 10.1. The van der Waals surface area contributed by atoms with Crippen molar-refractivity contribution in [2.24, 2.45) is 0 Å². The van der Waals surface area contributed by atoms with Gasteiger partial charge in [0.15, 0.2) is 0 Å². The molecule has 0 aliphatic heterocycles. The highest BCUT2D eigenvalue weighted by molar-refractivity contribution is 6.09. The Hall–Kier alpha value is -4.80. The Kier molecular flexibility index (Phi) is 6.86. The van der Waals surface area contributed by atoms with E-state index in [9.17, 15) is 28.0 Å². The van der Waals surface area contributed by atoms with Gasteiger partial charge >= 0.3 is 11.9 Å². The first kappa shape index (κ1) is 23.9. The Labute approximate surface area is 190 Å². The van der Waals surface area contributed by atoms with Gasteiger partial charge < -0.3 is 25.6 Å². The molecule has 0 spiro atoms. The predicted octanol–water partition coefficient (Wildman–Crippen LogP) is 3.87. The van der Waals surface area contributed by atoms with Gasteiger partial charge in [-0.1, -0.05) is 0 Å².